The summed E-state index contributed by atoms with van der Waals surface area (Å²) in [6, 6.07) is 0. The van der Waals surface area contributed by atoms with Crippen molar-refractivity contribution in [1.29, 1.82) is 0 Å². The molecule has 0 amide bonds. The largest absolute Gasteiger partial charge is 0.394 e. The molecule has 196 valence electrons. The molecule has 2 saturated carbocycles. The van der Waals surface area contributed by atoms with Crippen LogP contribution in [0.4, 0.5) is 0 Å². The molecule has 12 nitrogen and oxygen atoms in total. The van der Waals surface area contributed by atoms with Gasteiger partial charge in [0, 0.05) is 5.41 Å². The van der Waals surface area contributed by atoms with Gasteiger partial charge in [-0.15, -0.1) is 0 Å². The zero-order valence-electron chi connectivity index (χ0n) is 19.4. The van der Waals surface area contributed by atoms with Gasteiger partial charge < -0.3 is 54.7 Å². The van der Waals surface area contributed by atoms with Crippen molar-refractivity contribution >= 4 is 5.78 Å². The molecule has 2 aliphatic carbocycles. The maximum Gasteiger partial charge on any atom is 0.187 e. The fourth-order valence-corrected chi connectivity index (χ4v) is 6.03. The number of carbonyl (C=O) groups is 1. The van der Waals surface area contributed by atoms with Gasteiger partial charge in [-0.2, -0.15) is 0 Å². The number of hydrogen-bond acceptors (Lipinski definition) is 12. The van der Waals surface area contributed by atoms with Gasteiger partial charge in [0.2, 0.25) is 0 Å². The number of ether oxygens (including phenoxy) is 4. The summed E-state index contributed by atoms with van der Waals surface area (Å²) in [6.45, 7) is 4.49. The molecule has 2 heterocycles. The molecule has 0 aromatic heterocycles. The zero-order chi connectivity index (χ0) is 25.2. The lowest BCUT2D eigenvalue weighted by Gasteiger charge is -2.43. The van der Waals surface area contributed by atoms with Crippen LogP contribution in [-0.2, 0) is 23.7 Å². The van der Waals surface area contributed by atoms with Gasteiger partial charge >= 0.3 is 0 Å². The first-order chi connectivity index (χ1) is 15.8. The first kappa shape index (κ1) is 26.3. The molecule has 34 heavy (non-hydrogen) atoms. The van der Waals surface area contributed by atoms with Crippen LogP contribution in [0.3, 0.4) is 0 Å². The fourth-order valence-electron chi connectivity index (χ4n) is 6.03. The van der Waals surface area contributed by atoms with Crippen molar-refractivity contribution in [3.8, 4) is 0 Å². The maximum absolute atomic E-state index is 12.9. The van der Waals surface area contributed by atoms with E-state index in [1.807, 2.05) is 20.8 Å². The van der Waals surface area contributed by atoms with E-state index in [0.29, 0.717) is 6.42 Å². The normalized spacial score (nSPS) is 52.8. The highest BCUT2D eigenvalue weighted by atomic mass is 16.7. The maximum atomic E-state index is 12.9. The molecule has 4 aliphatic rings. The molecule has 2 aliphatic heterocycles. The van der Waals surface area contributed by atoms with Gasteiger partial charge in [-0.1, -0.05) is 20.8 Å². The summed E-state index contributed by atoms with van der Waals surface area (Å²) in [5, 5.41) is 70.5. The average Bonchev–Trinajstić information content (AvgIpc) is 3.20. The number of Topliss-reactive ketones (excluding diaryl/α,β-unsaturated/α-hetero) is 1. The van der Waals surface area contributed by atoms with E-state index in [4.69, 9.17) is 18.9 Å². The molecule has 0 aromatic rings. The van der Waals surface area contributed by atoms with Crippen LogP contribution in [0, 0.1) is 16.7 Å². The van der Waals surface area contributed by atoms with Crippen molar-refractivity contribution < 1.29 is 59.5 Å². The lowest BCUT2D eigenvalue weighted by atomic mass is 9.72. The van der Waals surface area contributed by atoms with Crippen LogP contribution in [-0.4, -0.2) is 122 Å². The molecule has 0 aromatic carbocycles. The van der Waals surface area contributed by atoms with Crippen molar-refractivity contribution in [2.45, 2.75) is 101 Å². The minimum absolute atomic E-state index is 0.0784. The van der Waals surface area contributed by atoms with Crippen LogP contribution in [0.1, 0.15) is 33.6 Å². The minimum Gasteiger partial charge on any atom is -0.394 e. The molecule has 4 rings (SSSR count). The highest BCUT2D eigenvalue weighted by molar-refractivity contribution is 5.94. The summed E-state index contributed by atoms with van der Waals surface area (Å²) in [5.74, 6) is -0.0109. The van der Waals surface area contributed by atoms with Crippen molar-refractivity contribution in [2.75, 3.05) is 13.2 Å². The molecule has 4 fully saturated rings. The average molecular weight is 493 g/mol. The number of carbonyl (C=O) groups excluding carboxylic acids is 1. The number of aliphatic hydroxyl groups is 7. The van der Waals surface area contributed by atoms with E-state index in [9.17, 15) is 40.5 Å². The van der Waals surface area contributed by atoms with Crippen molar-refractivity contribution in [2.24, 2.45) is 16.7 Å². The van der Waals surface area contributed by atoms with Crippen molar-refractivity contribution in [3.05, 3.63) is 0 Å². The molecule has 0 spiro atoms. The summed E-state index contributed by atoms with van der Waals surface area (Å²) in [6.07, 6.45) is -14.0. The Balaban J connectivity index is 1.43. The molecule has 0 radical (unpaired) electrons. The Labute approximate surface area is 197 Å². The van der Waals surface area contributed by atoms with E-state index in [2.05, 4.69) is 0 Å². The SMILES string of the molecule is CC1(C)C(=O)[C@@]2(C)CC[C@@H]1C2O[C@@H]1O[C@H](CO[C@@H]2O[C@H](CO)[C@@H](O)[C@H](O)[C@H]2O)[C@@H](O)[C@H](O)[C@H]1O. The third-order valence-corrected chi connectivity index (χ3v) is 8.22. The summed E-state index contributed by atoms with van der Waals surface area (Å²) in [4.78, 5) is 12.9. The molecular formula is C22H36O12. The molecule has 2 bridgehead atoms. The van der Waals surface area contributed by atoms with Crippen molar-refractivity contribution in [3.63, 3.8) is 0 Å². The first-order valence-electron chi connectivity index (χ1n) is 11.7. The smallest absolute Gasteiger partial charge is 0.187 e. The molecule has 12 heteroatoms. The number of rotatable bonds is 6. The van der Waals surface area contributed by atoms with E-state index >= 15 is 0 Å². The van der Waals surface area contributed by atoms with Gasteiger partial charge in [-0.05, 0) is 18.8 Å². The predicted molar refractivity (Wildman–Crippen MR) is 111 cm³/mol. The second kappa shape index (κ2) is 9.27. The number of fused-ring (bicyclic) bond motifs is 2. The van der Waals surface area contributed by atoms with E-state index < -0.39 is 91.6 Å². The molecule has 7 N–H and O–H groups in total. The van der Waals surface area contributed by atoms with Gasteiger partial charge in [-0.3, -0.25) is 4.79 Å². The quantitative estimate of drug-likeness (QED) is 0.199. The number of hydrogen-bond donors (Lipinski definition) is 7. The van der Waals surface area contributed by atoms with Crippen LogP contribution in [0.2, 0.25) is 0 Å². The molecular weight excluding hydrogens is 456 g/mol. The summed E-state index contributed by atoms with van der Waals surface area (Å²) in [5.41, 5.74) is -1.35. The van der Waals surface area contributed by atoms with Crippen LogP contribution >= 0.6 is 0 Å². The van der Waals surface area contributed by atoms with Gasteiger partial charge in [0.05, 0.1) is 24.7 Å². The van der Waals surface area contributed by atoms with E-state index in [0.717, 1.165) is 6.42 Å². The van der Waals surface area contributed by atoms with Crippen LogP contribution in [0.15, 0.2) is 0 Å². The third kappa shape index (κ3) is 4.02. The second-order valence-corrected chi connectivity index (χ2v) is 10.7. The van der Waals surface area contributed by atoms with Crippen LogP contribution < -0.4 is 0 Å². The minimum atomic E-state index is -1.65. The zero-order valence-corrected chi connectivity index (χ0v) is 19.4. The Morgan fingerprint density at radius 3 is 1.97 bits per heavy atom. The van der Waals surface area contributed by atoms with Crippen molar-refractivity contribution in [1.82, 2.24) is 0 Å². The van der Waals surface area contributed by atoms with Gasteiger partial charge in [-0.25, -0.2) is 0 Å². The van der Waals surface area contributed by atoms with Gasteiger partial charge in [0.15, 0.2) is 12.6 Å². The standard InChI is InChI=1S/C22H36O12/c1-21(2)8-4-5-22(3,20(21)30)17(8)34-19-16(29)14(27)12(25)10(33-19)7-31-18-15(28)13(26)11(24)9(6-23)32-18/h8-19,23-29H,4-7H2,1-3H3/t8-,9-,10-,11-,12-,13+,14+,15-,16-,17?,18-,19+,22+/m1/s1. The Morgan fingerprint density at radius 2 is 1.41 bits per heavy atom. The Bertz CT molecular complexity index is 760. The Kier molecular flexibility index (Phi) is 7.17. The highest BCUT2D eigenvalue weighted by Crippen LogP contribution is 2.61. The number of ketones is 1. The van der Waals surface area contributed by atoms with Gasteiger partial charge in [0.1, 0.15) is 54.6 Å². The number of aliphatic hydroxyl groups excluding tert-OH is 7. The second-order valence-electron chi connectivity index (χ2n) is 10.7. The summed E-state index contributed by atoms with van der Waals surface area (Å²) < 4.78 is 22.5. The predicted octanol–water partition coefficient (Wildman–Crippen LogP) is -2.98. The molecule has 2 saturated heterocycles. The van der Waals surface area contributed by atoms with E-state index in [1.54, 1.807) is 0 Å². The van der Waals surface area contributed by atoms with Crippen LogP contribution in [0.25, 0.3) is 0 Å². The lowest BCUT2D eigenvalue weighted by Crippen LogP contribution is -2.62. The van der Waals surface area contributed by atoms with Crippen LogP contribution in [0.5, 0.6) is 0 Å². The van der Waals surface area contributed by atoms with E-state index in [-0.39, 0.29) is 11.7 Å². The third-order valence-electron chi connectivity index (χ3n) is 8.22. The highest BCUT2D eigenvalue weighted by Gasteiger charge is 2.67. The fraction of sp³-hybridized carbons (Fsp3) is 0.955. The van der Waals surface area contributed by atoms with E-state index in [1.165, 1.54) is 0 Å². The first-order valence-corrected chi connectivity index (χ1v) is 11.7. The molecule has 1 unspecified atom stereocenters. The summed E-state index contributed by atoms with van der Waals surface area (Å²) >= 11 is 0. The topological polar surface area (TPSA) is 196 Å². The monoisotopic (exact) mass is 492 g/mol. The van der Waals surface area contributed by atoms with Gasteiger partial charge in [0.25, 0.3) is 0 Å². The molecule has 13 atom stereocenters. The summed E-state index contributed by atoms with van der Waals surface area (Å²) in [7, 11) is 0. The Hall–Kier alpha value is -0.770. The lowest BCUT2D eigenvalue weighted by molar-refractivity contribution is -0.339. The Morgan fingerprint density at radius 1 is 0.853 bits per heavy atom.